The van der Waals surface area contributed by atoms with Gasteiger partial charge in [-0.2, -0.15) is 5.10 Å². The minimum absolute atomic E-state index is 0.311. The van der Waals surface area contributed by atoms with Crippen LogP contribution in [-0.2, 0) is 18.2 Å². The van der Waals surface area contributed by atoms with Crippen molar-refractivity contribution in [2.75, 3.05) is 13.7 Å². The van der Waals surface area contributed by atoms with E-state index < -0.39 is 0 Å². The van der Waals surface area contributed by atoms with E-state index >= 15 is 0 Å². The number of methoxy groups -OCH3 is 1. The van der Waals surface area contributed by atoms with Crippen LogP contribution in [0.5, 0.6) is 0 Å². The lowest BCUT2D eigenvalue weighted by atomic mass is 10.0. The van der Waals surface area contributed by atoms with Gasteiger partial charge in [0.05, 0.1) is 6.10 Å². The summed E-state index contributed by atoms with van der Waals surface area (Å²) in [5.74, 6) is 0. The maximum absolute atomic E-state index is 5.36. The van der Waals surface area contributed by atoms with Crippen LogP contribution in [0.4, 0.5) is 0 Å². The fourth-order valence-corrected chi connectivity index (χ4v) is 2.12. The van der Waals surface area contributed by atoms with E-state index in [0.717, 1.165) is 25.8 Å². The average Bonchev–Trinajstić information content (AvgIpc) is 2.78. The van der Waals surface area contributed by atoms with E-state index in [1.807, 2.05) is 17.9 Å². The van der Waals surface area contributed by atoms with Gasteiger partial charge < -0.3 is 10.1 Å². The highest BCUT2D eigenvalue weighted by Crippen LogP contribution is 2.10. The van der Waals surface area contributed by atoms with Crippen molar-refractivity contribution in [3.8, 4) is 0 Å². The molecule has 0 spiro atoms. The zero-order chi connectivity index (χ0) is 13.4. The number of hydrogen-bond donors (Lipinski definition) is 1. The lowest BCUT2D eigenvalue weighted by molar-refractivity contribution is 0.0992. The molecule has 4 nitrogen and oxygen atoms in total. The molecular formula is C14H27N3O. The van der Waals surface area contributed by atoms with Crippen molar-refractivity contribution in [3.05, 3.63) is 18.0 Å². The smallest absolute Gasteiger partial charge is 0.0558 e. The lowest BCUT2D eigenvalue weighted by Crippen LogP contribution is -2.33. The van der Waals surface area contributed by atoms with Crippen LogP contribution < -0.4 is 5.32 Å². The summed E-state index contributed by atoms with van der Waals surface area (Å²) in [5, 5.41) is 7.81. The van der Waals surface area contributed by atoms with E-state index in [2.05, 4.69) is 30.3 Å². The van der Waals surface area contributed by atoms with Crippen LogP contribution in [0.2, 0.25) is 0 Å². The zero-order valence-electron chi connectivity index (χ0n) is 12.1. The Hall–Kier alpha value is -0.870. The van der Waals surface area contributed by atoms with Crippen LogP contribution in [0, 0.1) is 0 Å². The maximum atomic E-state index is 5.36. The topological polar surface area (TPSA) is 39.1 Å². The maximum Gasteiger partial charge on any atom is 0.0558 e. The van der Waals surface area contributed by atoms with Gasteiger partial charge in [0.15, 0.2) is 0 Å². The summed E-state index contributed by atoms with van der Waals surface area (Å²) in [6, 6.07) is 2.62. The molecule has 1 aromatic rings. The molecule has 0 aliphatic carbocycles. The summed E-state index contributed by atoms with van der Waals surface area (Å²) in [7, 11) is 3.78. The van der Waals surface area contributed by atoms with Crippen molar-refractivity contribution in [1.29, 1.82) is 0 Å². The average molecular weight is 253 g/mol. The minimum atomic E-state index is 0.311. The SMILES string of the molecule is CCCNC(CCc1ccnn1C)CC(C)OC. The molecule has 0 amide bonds. The number of nitrogens with one attached hydrogen (secondary N) is 1. The normalized spacial score (nSPS) is 14.7. The van der Waals surface area contributed by atoms with Crippen molar-refractivity contribution < 1.29 is 4.74 Å². The summed E-state index contributed by atoms with van der Waals surface area (Å²) in [5.41, 5.74) is 1.29. The predicted molar refractivity (Wildman–Crippen MR) is 74.7 cm³/mol. The molecule has 18 heavy (non-hydrogen) atoms. The number of aryl methyl sites for hydroxylation is 2. The zero-order valence-corrected chi connectivity index (χ0v) is 12.1. The fraction of sp³-hybridized carbons (Fsp3) is 0.786. The molecule has 0 aliphatic heterocycles. The van der Waals surface area contributed by atoms with Gasteiger partial charge in [-0.15, -0.1) is 0 Å². The Balaban J connectivity index is 2.42. The first-order valence-corrected chi connectivity index (χ1v) is 6.90. The Bertz CT molecular complexity index is 325. The molecule has 1 N–H and O–H groups in total. The Morgan fingerprint density at radius 2 is 2.28 bits per heavy atom. The fourth-order valence-electron chi connectivity index (χ4n) is 2.12. The highest BCUT2D eigenvalue weighted by atomic mass is 16.5. The van der Waals surface area contributed by atoms with Crippen LogP contribution in [0.15, 0.2) is 12.3 Å². The van der Waals surface area contributed by atoms with Crippen molar-refractivity contribution in [2.45, 2.75) is 51.7 Å². The first kappa shape index (κ1) is 15.2. The second-order valence-corrected chi connectivity index (χ2v) is 4.92. The van der Waals surface area contributed by atoms with Crippen LogP contribution in [-0.4, -0.2) is 35.6 Å². The summed E-state index contributed by atoms with van der Waals surface area (Å²) < 4.78 is 7.32. The quantitative estimate of drug-likeness (QED) is 0.733. The van der Waals surface area contributed by atoms with Crippen molar-refractivity contribution in [3.63, 3.8) is 0 Å². The minimum Gasteiger partial charge on any atom is -0.382 e. The number of ether oxygens (including phenoxy) is 1. The lowest BCUT2D eigenvalue weighted by Gasteiger charge is -2.21. The third kappa shape index (κ3) is 5.19. The first-order chi connectivity index (χ1) is 8.67. The Kier molecular flexibility index (Phi) is 6.98. The monoisotopic (exact) mass is 253 g/mol. The van der Waals surface area contributed by atoms with Crippen LogP contribution in [0.1, 0.15) is 38.8 Å². The largest absolute Gasteiger partial charge is 0.382 e. The summed E-state index contributed by atoms with van der Waals surface area (Å²) in [6.45, 7) is 5.40. The van der Waals surface area contributed by atoms with Gasteiger partial charge in [-0.05, 0) is 45.2 Å². The Labute approximate surface area is 111 Å². The molecule has 104 valence electrons. The molecule has 1 rings (SSSR count). The van der Waals surface area contributed by atoms with Crippen molar-refractivity contribution in [2.24, 2.45) is 7.05 Å². The van der Waals surface area contributed by atoms with Gasteiger partial charge in [0.2, 0.25) is 0 Å². The molecule has 0 radical (unpaired) electrons. The van der Waals surface area contributed by atoms with Gasteiger partial charge in [-0.3, -0.25) is 4.68 Å². The Morgan fingerprint density at radius 3 is 2.83 bits per heavy atom. The number of hydrogen-bond acceptors (Lipinski definition) is 3. The number of rotatable bonds is 9. The molecule has 0 bridgehead atoms. The molecule has 1 heterocycles. The van der Waals surface area contributed by atoms with Crippen molar-refractivity contribution >= 4 is 0 Å². The van der Waals surface area contributed by atoms with Gasteiger partial charge in [0.25, 0.3) is 0 Å². The van der Waals surface area contributed by atoms with E-state index in [-0.39, 0.29) is 0 Å². The van der Waals surface area contributed by atoms with E-state index in [0.29, 0.717) is 12.1 Å². The molecule has 2 atom stereocenters. The molecule has 0 aromatic carbocycles. The molecular weight excluding hydrogens is 226 g/mol. The summed E-state index contributed by atoms with van der Waals surface area (Å²) in [4.78, 5) is 0. The predicted octanol–water partition coefficient (Wildman–Crippen LogP) is 2.15. The summed E-state index contributed by atoms with van der Waals surface area (Å²) >= 11 is 0. The molecule has 0 saturated heterocycles. The van der Waals surface area contributed by atoms with Gasteiger partial charge >= 0.3 is 0 Å². The molecule has 0 saturated carbocycles. The standard InChI is InChI=1S/C14H27N3O/c1-5-9-15-13(11-12(2)18-4)6-7-14-8-10-16-17(14)3/h8,10,12-13,15H,5-7,9,11H2,1-4H3. The highest BCUT2D eigenvalue weighted by Gasteiger charge is 2.13. The van der Waals surface area contributed by atoms with Crippen LogP contribution in [0.25, 0.3) is 0 Å². The van der Waals surface area contributed by atoms with E-state index in [1.54, 1.807) is 7.11 Å². The second kappa shape index (κ2) is 8.27. The molecule has 0 aliphatic rings. The first-order valence-electron chi connectivity index (χ1n) is 6.90. The van der Waals surface area contributed by atoms with Crippen molar-refractivity contribution in [1.82, 2.24) is 15.1 Å². The highest BCUT2D eigenvalue weighted by molar-refractivity contribution is 5.00. The molecule has 2 unspecified atom stereocenters. The second-order valence-electron chi connectivity index (χ2n) is 4.92. The van der Waals surface area contributed by atoms with Crippen LogP contribution >= 0.6 is 0 Å². The third-order valence-corrected chi connectivity index (χ3v) is 3.37. The summed E-state index contributed by atoms with van der Waals surface area (Å²) in [6.07, 6.45) is 6.60. The van der Waals surface area contributed by atoms with Gasteiger partial charge in [-0.1, -0.05) is 6.92 Å². The molecule has 0 fully saturated rings. The van der Waals surface area contributed by atoms with E-state index in [1.165, 1.54) is 12.1 Å². The van der Waals surface area contributed by atoms with E-state index in [4.69, 9.17) is 4.74 Å². The van der Waals surface area contributed by atoms with Gasteiger partial charge in [0.1, 0.15) is 0 Å². The number of nitrogens with zero attached hydrogens (tertiary/aromatic N) is 2. The molecule has 1 aromatic heterocycles. The Morgan fingerprint density at radius 1 is 1.50 bits per heavy atom. The van der Waals surface area contributed by atoms with Gasteiger partial charge in [0, 0.05) is 32.1 Å². The third-order valence-electron chi connectivity index (χ3n) is 3.37. The van der Waals surface area contributed by atoms with E-state index in [9.17, 15) is 0 Å². The van der Waals surface area contributed by atoms with Crippen LogP contribution in [0.3, 0.4) is 0 Å². The number of aromatic nitrogens is 2. The van der Waals surface area contributed by atoms with Gasteiger partial charge in [-0.25, -0.2) is 0 Å². The molecule has 4 heteroatoms.